The van der Waals surface area contributed by atoms with E-state index in [0.717, 1.165) is 34.1 Å². The van der Waals surface area contributed by atoms with Crippen molar-refractivity contribution in [1.82, 2.24) is 9.88 Å². The predicted molar refractivity (Wildman–Crippen MR) is 182 cm³/mol. The summed E-state index contributed by atoms with van der Waals surface area (Å²) in [6.45, 7) is 2.34. The van der Waals surface area contributed by atoms with Gasteiger partial charge in [-0.15, -0.1) is 0 Å². The Hall–Kier alpha value is -3.99. The minimum absolute atomic E-state index is 0.000431. The zero-order chi connectivity index (χ0) is 32.5. The van der Waals surface area contributed by atoms with E-state index in [4.69, 9.17) is 21.3 Å². The van der Waals surface area contributed by atoms with Crippen molar-refractivity contribution in [1.29, 1.82) is 0 Å². The molecule has 0 spiro atoms. The lowest BCUT2D eigenvalue weighted by Crippen LogP contribution is -2.38. The maximum absolute atomic E-state index is 15.1. The van der Waals surface area contributed by atoms with Crippen LogP contribution >= 0.6 is 27.5 Å². The van der Waals surface area contributed by atoms with E-state index < -0.39 is 18.1 Å². The van der Waals surface area contributed by atoms with Crippen LogP contribution in [0.2, 0.25) is 5.02 Å². The van der Waals surface area contributed by atoms with Gasteiger partial charge in [-0.25, -0.2) is 9.18 Å². The van der Waals surface area contributed by atoms with E-state index >= 15 is 4.39 Å². The highest BCUT2D eigenvalue weighted by atomic mass is 79.9. The van der Waals surface area contributed by atoms with Crippen molar-refractivity contribution in [2.45, 2.75) is 44.9 Å². The van der Waals surface area contributed by atoms with Crippen LogP contribution in [-0.4, -0.2) is 46.9 Å². The van der Waals surface area contributed by atoms with E-state index in [9.17, 15) is 14.7 Å². The third-order valence-corrected chi connectivity index (χ3v) is 9.70. The van der Waals surface area contributed by atoms with Gasteiger partial charge >= 0.3 is 6.09 Å². The second-order valence-corrected chi connectivity index (χ2v) is 12.9. The number of halogens is 3. The summed E-state index contributed by atoms with van der Waals surface area (Å²) in [7, 11) is 1.30. The van der Waals surface area contributed by atoms with Crippen molar-refractivity contribution < 1.29 is 23.8 Å². The van der Waals surface area contributed by atoms with Crippen molar-refractivity contribution in [2.75, 3.05) is 24.3 Å². The number of nitrogens with zero attached hydrogens (tertiary/aromatic N) is 2. The smallest absolute Gasteiger partial charge is 0.411 e. The number of carbonyl (C=O) groups excluding carboxylic acids is 2. The standard InChI is InChI=1S/C35H33BrClFN4O4/c1-19-6-5-9-30(42-15-14-20(16-31(42)43)32-25(36)12-13-26(37)33(32)38)29-18-24(22-7-3-4-8-27(22)40-29)23-11-10-21(39-35(45)46-2)17-28(23)41-34(19)44/h3-4,7-8,10-13,16-19,30,34,41,44H,5-6,9,14-15H2,1-2H3,(H,39,45)/t19-,30+,34?/m1/s1. The van der Waals surface area contributed by atoms with Gasteiger partial charge in [0.05, 0.1) is 29.4 Å². The molecule has 0 saturated heterocycles. The van der Waals surface area contributed by atoms with Gasteiger partial charge in [0.15, 0.2) is 0 Å². The fraction of sp³-hybridized carbons (Fsp3) is 0.286. The van der Waals surface area contributed by atoms with Gasteiger partial charge < -0.3 is 20.1 Å². The number of aliphatic hydroxyl groups excluding tert-OH is 1. The molecule has 3 aromatic carbocycles. The molecule has 3 atom stereocenters. The predicted octanol–water partition coefficient (Wildman–Crippen LogP) is 8.54. The number of fused-ring (bicyclic) bond motifs is 6. The van der Waals surface area contributed by atoms with Gasteiger partial charge in [0.2, 0.25) is 5.91 Å². The molecule has 46 heavy (non-hydrogen) atoms. The first-order chi connectivity index (χ1) is 22.1. The second-order valence-electron chi connectivity index (χ2n) is 11.7. The lowest BCUT2D eigenvalue weighted by molar-refractivity contribution is -0.129. The average Bonchev–Trinajstić information content (AvgIpc) is 3.04. The highest BCUT2D eigenvalue weighted by molar-refractivity contribution is 9.10. The number of benzene rings is 3. The molecule has 8 nitrogen and oxygen atoms in total. The highest BCUT2D eigenvalue weighted by Crippen LogP contribution is 2.41. The monoisotopic (exact) mass is 706 g/mol. The Morgan fingerprint density at radius 3 is 2.74 bits per heavy atom. The zero-order valence-corrected chi connectivity index (χ0v) is 27.7. The first-order valence-corrected chi connectivity index (χ1v) is 16.3. The molecule has 3 heterocycles. The molecule has 2 amide bonds. The fourth-order valence-corrected chi connectivity index (χ4v) is 6.99. The summed E-state index contributed by atoms with van der Waals surface area (Å²) in [5.41, 5.74) is 5.19. The van der Waals surface area contributed by atoms with Gasteiger partial charge in [-0.2, -0.15) is 0 Å². The number of anilines is 2. The van der Waals surface area contributed by atoms with E-state index in [0.29, 0.717) is 52.8 Å². The van der Waals surface area contributed by atoms with Crippen LogP contribution in [0.4, 0.5) is 20.6 Å². The molecule has 6 rings (SSSR count). The maximum atomic E-state index is 15.1. The minimum Gasteiger partial charge on any atom is -0.453 e. The normalized spacial score (nSPS) is 20.1. The summed E-state index contributed by atoms with van der Waals surface area (Å²) in [6, 6.07) is 18.1. The van der Waals surface area contributed by atoms with Gasteiger partial charge in [0, 0.05) is 50.9 Å². The van der Waals surface area contributed by atoms with E-state index in [-0.39, 0.29) is 22.9 Å². The summed E-state index contributed by atoms with van der Waals surface area (Å²) in [6.07, 6.45) is 2.51. The Morgan fingerprint density at radius 2 is 1.96 bits per heavy atom. The number of hydrogen-bond donors (Lipinski definition) is 3. The highest BCUT2D eigenvalue weighted by Gasteiger charge is 2.32. The van der Waals surface area contributed by atoms with E-state index in [1.807, 2.05) is 48.2 Å². The Balaban J connectivity index is 1.47. The summed E-state index contributed by atoms with van der Waals surface area (Å²) in [5, 5.41) is 18.1. The first-order valence-electron chi connectivity index (χ1n) is 15.1. The summed E-state index contributed by atoms with van der Waals surface area (Å²) < 4.78 is 20.4. The SMILES string of the molecule is COC(=O)Nc1ccc2c(c1)NC(O)[C@H](C)CCC[C@H](N1CCC(c3c(Br)ccc(Cl)c3F)=CC1=O)c1cc-2c2ccccc2n1. The lowest BCUT2D eigenvalue weighted by atomic mass is 9.91. The molecule has 0 radical (unpaired) electrons. The number of ether oxygens (including phenoxy) is 1. The maximum Gasteiger partial charge on any atom is 0.411 e. The van der Waals surface area contributed by atoms with Gasteiger partial charge in [-0.3, -0.25) is 15.1 Å². The van der Waals surface area contributed by atoms with Gasteiger partial charge in [0.1, 0.15) is 12.0 Å². The molecule has 238 valence electrons. The van der Waals surface area contributed by atoms with Crippen LogP contribution in [0, 0.1) is 11.7 Å². The molecule has 1 aromatic heterocycles. The van der Waals surface area contributed by atoms with Crippen LogP contribution in [0.5, 0.6) is 0 Å². The van der Waals surface area contributed by atoms with E-state index in [1.54, 1.807) is 18.2 Å². The molecular weight excluding hydrogens is 675 g/mol. The van der Waals surface area contributed by atoms with Crippen LogP contribution in [0.1, 0.15) is 49.9 Å². The quantitative estimate of drug-likeness (QED) is 0.185. The number of hydrogen-bond acceptors (Lipinski definition) is 6. The Kier molecular flexibility index (Phi) is 9.31. The minimum atomic E-state index is -0.870. The van der Waals surface area contributed by atoms with Crippen molar-refractivity contribution in [2.24, 2.45) is 5.92 Å². The van der Waals surface area contributed by atoms with Crippen LogP contribution in [0.3, 0.4) is 0 Å². The third-order valence-electron chi connectivity index (χ3n) is 8.74. The Labute approximate surface area is 279 Å². The summed E-state index contributed by atoms with van der Waals surface area (Å²) in [4.78, 5) is 32.7. The van der Waals surface area contributed by atoms with Crippen LogP contribution < -0.4 is 10.6 Å². The molecule has 1 unspecified atom stereocenters. The number of amides is 2. The second kappa shape index (κ2) is 13.4. The van der Waals surface area contributed by atoms with E-state index in [1.165, 1.54) is 19.3 Å². The topological polar surface area (TPSA) is 104 Å². The number of carbonyl (C=O) groups is 2. The number of nitrogens with one attached hydrogen (secondary N) is 2. The molecule has 0 saturated carbocycles. The summed E-state index contributed by atoms with van der Waals surface area (Å²) in [5.74, 6) is -0.908. The van der Waals surface area contributed by atoms with Crippen molar-refractivity contribution in [3.63, 3.8) is 0 Å². The average molecular weight is 708 g/mol. The van der Waals surface area contributed by atoms with Gasteiger partial charge in [-0.05, 0) is 66.8 Å². The van der Waals surface area contributed by atoms with Crippen molar-refractivity contribution >= 4 is 67.4 Å². The number of aliphatic hydroxyl groups is 1. The van der Waals surface area contributed by atoms with Crippen molar-refractivity contribution in [3.05, 3.63) is 93.3 Å². The molecule has 0 aliphatic carbocycles. The molecule has 2 aliphatic heterocycles. The Bertz CT molecular complexity index is 1870. The first kappa shape index (κ1) is 32.0. The number of pyridine rings is 1. The molecule has 2 aliphatic rings. The van der Waals surface area contributed by atoms with Gasteiger partial charge in [0.25, 0.3) is 0 Å². The number of aromatic nitrogens is 1. The molecule has 3 N–H and O–H groups in total. The Morgan fingerprint density at radius 1 is 1.15 bits per heavy atom. The largest absolute Gasteiger partial charge is 0.453 e. The van der Waals surface area contributed by atoms with E-state index in [2.05, 4.69) is 26.6 Å². The molecule has 11 heteroatoms. The number of methoxy groups -OCH3 is 1. The zero-order valence-electron chi connectivity index (χ0n) is 25.3. The third kappa shape index (κ3) is 6.34. The fourth-order valence-electron chi connectivity index (χ4n) is 6.27. The van der Waals surface area contributed by atoms with Gasteiger partial charge in [-0.1, -0.05) is 65.1 Å². The number of rotatable bonds is 3. The van der Waals surface area contributed by atoms with Crippen LogP contribution in [0.15, 0.2) is 71.2 Å². The number of para-hydroxylation sites is 1. The summed E-state index contributed by atoms with van der Waals surface area (Å²) >= 11 is 9.51. The molecule has 4 aromatic rings. The van der Waals surface area contributed by atoms with Crippen LogP contribution in [0.25, 0.3) is 27.6 Å². The van der Waals surface area contributed by atoms with Crippen molar-refractivity contribution in [3.8, 4) is 11.1 Å². The molecular formula is C35H33BrClFN4O4. The molecule has 0 fully saturated rings. The van der Waals surface area contributed by atoms with Crippen LogP contribution in [-0.2, 0) is 9.53 Å². The molecule has 2 bridgehead atoms. The lowest BCUT2D eigenvalue weighted by Gasteiger charge is -2.35.